The van der Waals surface area contributed by atoms with E-state index in [1.54, 1.807) is 47.6 Å². The maximum atomic E-state index is 14.2. The zero-order valence-corrected chi connectivity index (χ0v) is 20.7. The number of methoxy groups -OCH3 is 1. The Morgan fingerprint density at radius 2 is 1.81 bits per heavy atom. The van der Waals surface area contributed by atoms with E-state index in [1.165, 1.54) is 11.7 Å². The summed E-state index contributed by atoms with van der Waals surface area (Å²) in [4.78, 5) is 24.4. The summed E-state index contributed by atoms with van der Waals surface area (Å²) in [6, 6.07) is 8.76. The first-order valence-electron chi connectivity index (χ1n) is 12.0. The Morgan fingerprint density at radius 1 is 1.00 bits per heavy atom. The smallest absolute Gasteiger partial charge is 0.296 e. The van der Waals surface area contributed by atoms with Gasteiger partial charge < -0.3 is 14.4 Å². The van der Waals surface area contributed by atoms with Crippen LogP contribution >= 0.6 is 0 Å². The molecule has 4 aromatic heterocycles. The SMILES string of the molecule is CC.COc1cccc2c1nc(C(F)F)n2-c1nc(N2CCOCC2)c2ncn(-c3cccnc3)c2n1. The van der Waals surface area contributed by atoms with Gasteiger partial charge in [0.15, 0.2) is 22.8 Å². The summed E-state index contributed by atoms with van der Waals surface area (Å²) in [6.45, 7) is 6.23. The Hall–Kier alpha value is -4.19. The number of fused-ring (bicyclic) bond motifs is 2. The molecule has 0 amide bonds. The van der Waals surface area contributed by atoms with Crippen molar-refractivity contribution in [2.75, 3.05) is 38.3 Å². The van der Waals surface area contributed by atoms with Crippen molar-refractivity contribution in [3.63, 3.8) is 0 Å². The average Bonchev–Trinajstić information content (AvgIpc) is 3.57. The number of rotatable bonds is 5. The number of hydrogen-bond acceptors (Lipinski definition) is 8. The van der Waals surface area contributed by atoms with Gasteiger partial charge in [0.25, 0.3) is 6.43 Å². The zero-order chi connectivity index (χ0) is 25.9. The van der Waals surface area contributed by atoms with Gasteiger partial charge in [-0.25, -0.2) is 18.7 Å². The van der Waals surface area contributed by atoms with Crippen molar-refractivity contribution in [2.45, 2.75) is 20.3 Å². The van der Waals surface area contributed by atoms with Crippen molar-refractivity contribution in [3.05, 3.63) is 54.9 Å². The number of benzene rings is 1. The van der Waals surface area contributed by atoms with E-state index in [4.69, 9.17) is 19.4 Å². The van der Waals surface area contributed by atoms with Gasteiger partial charge in [0.05, 0.1) is 37.7 Å². The van der Waals surface area contributed by atoms with Gasteiger partial charge in [-0.2, -0.15) is 9.97 Å². The van der Waals surface area contributed by atoms with Crippen LogP contribution in [0.2, 0.25) is 0 Å². The zero-order valence-electron chi connectivity index (χ0n) is 20.7. The fourth-order valence-electron chi connectivity index (χ4n) is 4.27. The van der Waals surface area contributed by atoms with Crippen molar-refractivity contribution in [2.24, 2.45) is 0 Å². The lowest BCUT2D eigenvalue weighted by Crippen LogP contribution is -2.37. The first kappa shape index (κ1) is 24.5. The van der Waals surface area contributed by atoms with Crippen molar-refractivity contribution in [3.8, 4) is 17.4 Å². The molecule has 6 rings (SSSR count). The minimum absolute atomic E-state index is 0.0654. The highest BCUT2D eigenvalue weighted by atomic mass is 19.3. The maximum absolute atomic E-state index is 14.2. The Morgan fingerprint density at radius 3 is 2.51 bits per heavy atom. The van der Waals surface area contributed by atoms with Crippen molar-refractivity contribution in [1.29, 1.82) is 0 Å². The predicted octanol–water partition coefficient (Wildman–Crippen LogP) is 4.36. The minimum Gasteiger partial charge on any atom is -0.494 e. The van der Waals surface area contributed by atoms with Gasteiger partial charge in [-0.15, -0.1) is 0 Å². The van der Waals surface area contributed by atoms with Gasteiger partial charge in [-0.1, -0.05) is 19.9 Å². The molecule has 0 aliphatic carbocycles. The number of pyridine rings is 1. The molecule has 1 aromatic carbocycles. The molecular weight excluding hydrogens is 482 g/mol. The van der Waals surface area contributed by atoms with Gasteiger partial charge in [0.1, 0.15) is 17.6 Å². The highest BCUT2D eigenvalue weighted by Gasteiger charge is 2.27. The number of para-hydroxylation sites is 1. The molecule has 12 heteroatoms. The molecule has 0 spiro atoms. The van der Waals surface area contributed by atoms with Crippen LogP contribution in [0.1, 0.15) is 26.1 Å². The van der Waals surface area contributed by atoms with E-state index in [0.717, 1.165) is 5.69 Å². The van der Waals surface area contributed by atoms with E-state index >= 15 is 0 Å². The van der Waals surface area contributed by atoms with Crippen LogP contribution in [0, 0.1) is 0 Å². The summed E-state index contributed by atoms with van der Waals surface area (Å²) in [5.74, 6) is 0.527. The van der Waals surface area contributed by atoms with Crippen LogP contribution in [0.4, 0.5) is 14.6 Å². The second-order valence-corrected chi connectivity index (χ2v) is 7.88. The number of halogens is 2. The van der Waals surface area contributed by atoms with Crippen LogP contribution in [-0.4, -0.2) is 67.5 Å². The predicted molar refractivity (Wildman–Crippen MR) is 135 cm³/mol. The maximum Gasteiger partial charge on any atom is 0.296 e. The lowest BCUT2D eigenvalue weighted by molar-refractivity contribution is 0.122. The normalized spacial score (nSPS) is 13.7. The molecule has 192 valence electrons. The van der Waals surface area contributed by atoms with Gasteiger partial charge in [-0.3, -0.25) is 14.1 Å². The third kappa shape index (κ3) is 4.33. The molecule has 37 heavy (non-hydrogen) atoms. The Labute approximate surface area is 211 Å². The van der Waals surface area contributed by atoms with E-state index < -0.39 is 12.2 Å². The molecule has 1 aliphatic heterocycles. The number of anilines is 1. The standard InChI is InChI=1S/C23H20F2N8O2.C2H6/c1-34-16-6-2-5-15-17(16)28-22(19(24)25)33(15)23-29-20(31-8-10-35-11-9-31)18-21(30-23)32(13-27-18)14-4-3-7-26-12-14;1-2/h2-7,12-13,19H,8-11H2,1H3;1-2H3. The van der Waals surface area contributed by atoms with Crippen LogP contribution in [0.25, 0.3) is 33.8 Å². The van der Waals surface area contributed by atoms with Crippen LogP contribution in [0.15, 0.2) is 49.1 Å². The molecule has 0 saturated carbocycles. The molecule has 0 radical (unpaired) electrons. The van der Waals surface area contributed by atoms with Gasteiger partial charge >= 0.3 is 0 Å². The summed E-state index contributed by atoms with van der Waals surface area (Å²) < 4.78 is 42.3. The largest absolute Gasteiger partial charge is 0.494 e. The molecule has 1 fully saturated rings. The Balaban J connectivity index is 0.00000137. The summed E-state index contributed by atoms with van der Waals surface area (Å²) in [5.41, 5.74) is 2.48. The van der Waals surface area contributed by atoms with Gasteiger partial charge in [-0.05, 0) is 24.3 Å². The van der Waals surface area contributed by atoms with Crippen LogP contribution < -0.4 is 9.64 Å². The Kier molecular flexibility index (Phi) is 6.91. The van der Waals surface area contributed by atoms with E-state index in [2.05, 4.69) is 15.0 Å². The summed E-state index contributed by atoms with van der Waals surface area (Å²) in [7, 11) is 1.47. The number of nitrogens with zero attached hydrogens (tertiary/aromatic N) is 8. The van der Waals surface area contributed by atoms with E-state index in [-0.39, 0.29) is 5.95 Å². The molecule has 5 heterocycles. The van der Waals surface area contributed by atoms with Gasteiger partial charge in [0, 0.05) is 19.3 Å². The third-order valence-corrected chi connectivity index (χ3v) is 5.89. The highest BCUT2D eigenvalue weighted by Crippen LogP contribution is 2.33. The van der Waals surface area contributed by atoms with Crippen LogP contribution in [-0.2, 0) is 4.74 Å². The molecule has 0 atom stereocenters. The van der Waals surface area contributed by atoms with E-state index in [0.29, 0.717) is 60.1 Å². The number of alkyl halides is 2. The summed E-state index contributed by atoms with van der Waals surface area (Å²) in [6.07, 6.45) is 2.12. The van der Waals surface area contributed by atoms with Gasteiger partial charge in [0.2, 0.25) is 5.95 Å². The molecule has 0 unspecified atom stereocenters. The molecule has 1 saturated heterocycles. The Bertz CT molecular complexity index is 1510. The third-order valence-electron chi connectivity index (χ3n) is 5.89. The van der Waals surface area contributed by atoms with Crippen LogP contribution in [0.5, 0.6) is 5.75 Å². The fourth-order valence-corrected chi connectivity index (χ4v) is 4.27. The second kappa shape index (κ2) is 10.4. The van der Waals surface area contributed by atoms with Crippen molar-refractivity contribution in [1.82, 2.24) is 34.1 Å². The molecular formula is C25H26F2N8O2. The topological polar surface area (TPSA) is 96.0 Å². The number of hydrogen-bond donors (Lipinski definition) is 0. The summed E-state index contributed by atoms with van der Waals surface area (Å²) in [5, 5.41) is 0. The highest BCUT2D eigenvalue weighted by molar-refractivity contribution is 5.87. The second-order valence-electron chi connectivity index (χ2n) is 7.88. The number of morpholine rings is 1. The summed E-state index contributed by atoms with van der Waals surface area (Å²) >= 11 is 0. The first-order valence-corrected chi connectivity index (χ1v) is 12.0. The minimum atomic E-state index is -2.86. The lowest BCUT2D eigenvalue weighted by atomic mass is 10.3. The molecule has 1 aliphatic rings. The fraction of sp³-hybridized carbons (Fsp3) is 0.320. The molecule has 0 bridgehead atoms. The van der Waals surface area contributed by atoms with Crippen molar-refractivity contribution < 1.29 is 18.3 Å². The molecule has 0 N–H and O–H groups in total. The lowest BCUT2D eigenvalue weighted by Gasteiger charge is -2.28. The van der Waals surface area contributed by atoms with Crippen molar-refractivity contribution >= 4 is 28.0 Å². The van der Waals surface area contributed by atoms with E-state index in [1.807, 2.05) is 24.8 Å². The monoisotopic (exact) mass is 508 g/mol. The molecule has 10 nitrogen and oxygen atoms in total. The first-order chi connectivity index (χ1) is 18.2. The number of aromatic nitrogens is 7. The quantitative estimate of drug-likeness (QED) is 0.346. The number of ether oxygens (including phenoxy) is 2. The van der Waals surface area contributed by atoms with Crippen LogP contribution in [0.3, 0.4) is 0 Å². The molecule has 5 aromatic rings. The number of imidazole rings is 2. The van der Waals surface area contributed by atoms with E-state index in [9.17, 15) is 8.78 Å². The average molecular weight is 509 g/mol.